The lowest BCUT2D eigenvalue weighted by Crippen LogP contribution is -2.09. The maximum atomic E-state index is 13.5. The predicted octanol–water partition coefficient (Wildman–Crippen LogP) is 3.81. The maximum Gasteiger partial charge on any atom is 0.227 e. The second-order valence-electron chi connectivity index (χ2n) is 5.88. The molecule has 0 aliphatic heterocycles. The number of hydrogen-bond acceptors (Lipinski definition) is 4. The van der Waals surface area contributed by atoms with Crippen molar-refractivity contribution < 1.29 is 18.0 Å². The van der Waals surface area contributed by atoms with Gasteiger partial charge in [-0.3, -0.25) is 4.79 Å². The van der Waals surface area contributed by atoms with Crippen LogP contribution < -0.4 is 5.43 Å². The van der Waals surface area contributed by atoms with Gasteiger partial charge in [0.2, 0.25) is 6.41 Å². The van der Waals surface area contributed by atoms with E-state index < -0.39 is 17.5 Å². The molecule has 1 aromatic heterocycles. The number of nitrogens with one attached hydrogen (secondary N) is 1. The molecular weight excluding hydrogens is 381 g/mol. The van der Waals surface area contributed by atoms with Crippen LogP contribution in [0.5, 0.6) is 0 Å². The zero-order valence-corrected chi connectivity index (χ0v) is 15.0. The Morgan fingerprint density at radius 1 is 1.03 bits per heavy atom. The van der Waals surface area contributed by atoms with Crippen LogP contribution in [0.2, 0.25) is 0 Å². The van der Waals surface area contributed by atoms with E-state index in [-0.39, 0.29) is 11.3 Å². The molecule has 8 heteroatoms. The van der Waals surface area contributed by atoms with Crippen molar-refractivity contribution in [1.29, 1.82) is 0 Å². The topological polar surface area (TPSA) is 67.2 Å². The number of carbonyl (C=O) groups is 1. The van der Waals surface area contributed by atoms with Gasteiger partial charge in [0, 0.05) is 23.5 Å². The first-order chi connectivity index (χ1) is 14.1. The molecule has 1 heterocycles. The molecule has 0 aliphatic carbocycles. The molecule has 0 saturated heterocycles. The Hall–Kier alpha value is -3.81. The molecule has 5 nitrogen and oxygen atoms in total. The third-order valence-corrected chi connectivity index (χ3v) is 3.90. The van der Waals surface area contributed by atoms with Crippen LogP contribution in [0.15, 0.2) is 72.1 Å². The van der Waals surface area contributed by atoms with Crippen LogP contribution in [-0.2, 0) is 11.2 Å². The molecule has 3 aromatic rings. The normalized spacial score (nSPS) is 11.6. The van der Waals surface area contributed by atoms with Crippen molar-refractivity contribution in [3.8, 4) is 11.4 Å². The summed E-state index contributed by atoms with van der Waals surface area (Å²) in [6.07, 6.45) is 7.27. The second kappa shape index (κ2) is 9.41. The van der Waals surface area contributed by atoms with E-state index in [2.05, 4.69) is 20.5 Å². The number of rotatable bonds is 7. The standard InChI is InChI=1S/C21H15F3N4O/c22-17-11-16(12-18(23)20(17)24)19(28-27-13-29)7-2-5-14-4-1-6-15(10-14)21-25-8-3-9-26-21/h1-4,6-13H,5H2,(H,27,29)/b7-2-,28-19+. The number of hydrazone groups is 1. The van der Waals surface area contributed by atoms with Gasteiger partial charge in [0.15, 0.2) is 23.3 Å². The van der Waals surface area contributed by atoms with Gasteiger partial charge in [0.1, 0.15) is 0 Å². The van der Waals surface area contributed by atoms with E-state index in [0.717, 1.165) is 23.3 Å². The van der Waals surface area contributed by atoms with Crippen molar-refractivity contribution in [2.75, 3.05) is 0 Å². The number of benzene rings is 2. The molecule has 146 valence electrons. The largest absolute Gasteiger partial charge is 0.277 e. The zero-order chi connectivity index (χ0) is 20.6. The Morgan fingerprint density at radius 3 is 2.45 bits per heavy atom. The number of nitrogens with zero attached hydrogens (tertiary/aromatic N) is 3. The summed E-state index contributed by atoms with van der Waals surface area (Å²) >= 11 is 0. The van der Waals surface area contributed by atoms with E-state index >= 15 is 0 Å². The molecule has 1 amide bonds. The molecule has 29 heavy (non-hydrogen) atoms. The Morgan fingerprint density at radius 2 is 1.76 bits per heavy atom. The summed E-state index contributed by atoms with van der Waals surface area (Å²) in [5, 5.41) is 3.76. The summed E-state index contributed by atoms with van der Waals surface area (Å²) in [4.78, 5) is 18.9. The van der Waals surface area contributed by atoms with Crippen LogP contribution in [0.25, 0.3) is 11.4 Å². The van der Waals surface area contributed by atoms with Crippen LogP contribution in [-0.4, -0.2) is 22.1 Å². The minimum Gasteiger partial charge on any atom is -0.277 e. The number of halogens is 3. The lowest BCUT2D eigenvalue weighted by Gasteiger charge is -2.05. The molecule has 0 radical (unpaired) electrons. The van der Waals surface area contributed by atoms with Gasteiger partial charge in [0.05, 0.1) is 5.71 Å². The Labute approximate surface area is 164 Å². The van der Waals surface area contributed by atoms with E-state index in [4.69, 9.17) is 0 Å². The van der Waals surface area contributed by atoms with Gasteiger partial charge in [-0.2, -0.15) is 5.10 Å². The van der Waals surface area contributed by atoms with E-state index in [0.29, 0.717) is 18.7 Å². The van der Waals surface area contributed by atoms with Crippen LogP contribution in [0.1, 0.15) is 11.1 Å². The minimum atomic E-state index is -1.57. The number of carbonyl (C=O) groups excluding carboxylic acids is 1. The van der Waals surface area contributed by atoms with Crippen molar-refractivity contribution in [2.45, 2.75) is 6.42 Å². The van der Waals surface area contributed by atoms with E-state index in [1.165, 1.54) is 6.08 Å². The fraction of sp³-hybridized carbons (Fsp3) is 0.0476. The molecule has 3 rings (SSSR count). The van der Waals surface area contributed by atoms with Gasteiger partial charge in [-0.25, -0.2) is 28.6 Å². The van der Waals surface area contributed by atoms with Crippen molar-refractivity contribution in [3.63, 3.8) is 0 Å². The predicted molar refractivity (Wildman–Crippen MR) is 102 cm³/mol. The quantitative estimate of drug-likeness (QED) is 0.286. The third-order valence-electron chi connectivity index (χ3n) is 3.90. The van der Waals surface area contributed by atoms with Gasteiger partial charge < -0.3 is 0 Å². The summed E-state index contributed by atoms with van der Waals surface area (Å²) in [6, 6.07) is 10.9. The summed E-state index contributed by atoms with van der Waals surface area (Å²) in [7, 11) is 0. The highest BCUT2D eigenvalue weighted by Gasteiger charge is 2.13. The van der Waals surface area contributed by atoms with Gasteiger partial charge in [-0.1, -0.05) is 24.3 Å². The first kappa shape index (κ1) is 19.9. The summed E-state index contributed by atoms with van der Waals surface area (Å²) < 4.78 is 40.2. The van der Waals surface area contributed by atoms with Crippen molar-refractivity contribution in [3.05, 3.63) is 95.6 Å². The number of aromatic nitrogens is 2. The second-order valence-corrected chi connectivity index (χ2v) is 5.88. The van der Waals surface area contributed by atoms with Crippen molar-refractivity contribution in [1.82, 2.24) is 15.4 Å². The van der Waals surface area contributed by atoms with Gasteiger partial charge in [-0.05, 0) is 42.3 Å². The molecule has 0 bridgehead atoms. The lowest BCUT2D eigenvalue weighted by molar-refractivity contribution is -0.109. The summed E-state index contributed by atoms with van der Waals surface area (Å²) in [6.45, 7) is 0. The molecule has 1 N–H and O–H groups in total. The highest BCUT2D eigenvalue weighted by Crippen LogP contribution is 2.17. The van der Waals surface area contributed by atoms with Crippen molar-refractivity contribution in [2.24, 2.45) is 5.10 Å². The van der Waals surface area contributed by atoms with Gasteiger partial charge in [-0.15, -0.1) is 0 Å². The fourth-order valence-corrected chi connectivity index (χ4v) is 2.59. The molecule has 2 aromatic carbocycles. The van der Waals surface area contributed by atoms with Crippen molar-refractivity contribution >= 4 is 12.1 Å². The summed E-state index contributed by atoms with van der Waals surface area (Å²) in [5.41, 5.74) is 3.91. The highest BCUT2D eigenvalue weighted by molar-refractivity contribution is 6.08. The van der Waals surface area contributed by atoms with Crippen LogP contribution >= 0.6 is 0 Å². The van der Waals surface area contributed by atoms with Crippen LogP contribution in [0.3, 0.4) is 0 Å². The van der Waals surface area contributed by atoms with Crippen LogP contribution in [0, 0.1) is 17.5 Å². The monoisotopic (exact) mass is 396 g/mol. The number of hydrogen-bond donors (Lipinski definition) is 1. The average Bonchev–Trinajstić information content (AvgIpc) is 2.75. The Bertz CT molecular complexity index is 1050. The first-order valence-corrected chi connectivity index (χ1v) is 8.53. The maximum absolute atomic E-state index is 13.5. The minimum absolute atomic E-state index is 0.0153. The number of amides is 1. The Kier molecular flexibility index (Phi) is 6.47. The SMILES string of the molecule is O=CN/N=C(\C=C/Cc1cccc(-c2ncccn2)c1)c1cc(F)c(F)c(F)c1. The Balaban J connectivity index is 1.82. The highest BCUT2D eigenvalue weighted by atomic mass is 19.2. The van der Waals surface area contributed by atoms with E-state index in [1.807, 2.05) is 24.3 Å². The lowest BCUT2D eigenvalue weighted by atomic mass is 10.1. The smallest absolute Gasteiger partial charge is 0.227 e. The van der Waals surface area contributed by atoms with Crippen LogP contribution in [0.4, 0.5) is 13.2 Å². The van der Waals surface area contributed by atoms with Gasteiger partial charge >= 0.3 is 0 Å². The summed E-state index contributed by atoms with van der Waals surface area (Å²) in [5.74, 6) is -3.67. The average molecular weight is 396 g/mol. The van der Waals surface area contributed by atoms with E-state index in [9.17, 15) is 18.0 Å². The van der Waals surface area contributed by atoms with Gasteiger partial charge in [0.25, 0.3) is 0 Å². The van der Waals surface area contributed by atoms with E-state index in [1.54, 1.807) is 24.5 Å². The molecule has 0 atom stereocenters. The molecule has 0 saturated carbocycles. The molecule has 0 aliphatic rings. The molecule has 0 unspecified atom stereocenters. The zero-order valence-electron chi connectivity index (χ0n) is 15.0. The first-order valence-electron chi connectivity index (χ1n) is 8.53. The molecular formula is C21H15F3N4O. The molecule has 0 spiro atoms. The number of allylic oxidation sites excluding steroid dienone is 2. The fourth-order valence-electron chi connectivity index (χ4n) is 2.59. The molecule has 0 fully saturated rings. The third kappa shape index (κ3) is 5.13.